The number of aromatic nitrogens is 2. The molecule has 0 bridgehead atoms. The van der Waals surface area contributed by atoms with Crippen LogP contribution in [-0.2, 0) is 17.7 Å². The van der Waals surface area contributed by atoms with Gasteiger partial charge in [0.25, 0.3) is 0 Å². The largest absolute Gasteiger partial charge is 0.374 e. The van der Waals surface area contributed by atoms with E-state index in [4.69, 9.17) is 4.74 Å². The van der Waals surface area contributed by atoms with Crippen molar-refractivity contribution in [3.63, 3.8) is 0 Å². The highest BCUT2D eigenvalue weighted by atomic mass is 16.5. The average molecular weight is 252 g/mol. The van der Waals surface area contributed by atoms with Crippen molar-refractivity contribution in [1.29, 1.82) is 0 Å². The Balaban J connectivity index is 1.95. The van der Waals surface area contributed by atoms with Gasteiger partial charge in [-0.15, -0.1) is 0 Å². The van der Waals surface area contributed by atoms with E-state index in [0.717, 1.165) is 32.7 Å². The Morgan fingerprint density at radius 3 is 3.06 bits per heavy atom. The van der Waals surface area contributed by atoms with Crippen LogP contribution in [0.15, 0.2) is 12.4 Å². The number of morpholine rings is 1. The molecule has 1 saturated heterocycles. The average Bonchev–Trinajstić information content (AvgIpc) is 2.83. The normalized spacial score (nSPS) is 23.2. The van der Waals surface area contributed by atoms with Crippen LogP contribution < -0.4 is 5.32 Å². The molecule has 0 spiro atoms. The Labute approximate surface area is 109 Å². The van der Waals surface area contributed by atoms with Crippen molar-refractivity contribution in [3.05, 3.63) is 18.0 Å². The van der Waals surface area contributed by atoms with Gasteiger partial charge in [-0.25, -0.2) is 0 Å². The van der Waals surface area contributed by atoms with E-state index in [9.17, 15) is 0 Å². The van der Waals surface area contributed by atoms with E-state index in [0.29, 0.717) is 6.04 Å². The highest BCUT2D eigenvalue weighted by molar-refractivity contribution is 5.07. The van der Waals surface area contributed by atoms with Crippen LogP contribution in [0.4, 0.5) is 0 Å². The Kier molecular flexibility index (Phi) is 4.74. The van der Waals surface area contributed by atoms with E-state index in [-0.39, 0.29) is 6.10 Å². The molecule has 0 amide bonds. The lowest BCUT2D eigenvalue weighted by Gasteiger charge is -2.35. The Bertz CT molecular complexity index is 366. The third kappa shape index (κ3) is 3.31. The molecule has 18 heavy (non-hydrogen) atoms. The molecule has 1 aliphatic rings. The van der Waals surface area contributed by atoms with E-state index in [2.05, 4.69) is 35.5 Å². The molecule has 2 atom stereocenters. The zero-order valence-corrected chi connectivity index (χ0v) is 11.6. The highest BCUT2D eigenvalue weighted by Crippen LogP contribution is 2.12. The predicted molar refractivity (Wildman–Crippen MR) is 71.7 cm³/mol. The molecule has 0 saturated carbocycles. The standard InChI is InChI=1S/C13H24N4O/c1-4-17-9-11(8-15-17)7-12(14-2)13-10-16(3)5-6-18-13/h8-9,12-14H,4-7,10H2,1-3H3. The zero-order valence-electron chi connectivity index (χ0n) is 11.6. The fourth-order valence-corrected chi connectivity index (χ4v) is 2.41. The van der Waals surface area contributed by atoms with E-state index in [1.54, 1.807) is 0 Å². The predicted octanol–water partition coefficient (Wildman–Crippen LogP) is 0.364. The zero-order chi connectivity index (χ0) is 13.0. The molecule has 2 rings (SSSR count). The third-order valence-corrected chi connectivity index (χ3v) is 3.58. The topological polar surface area (TPSA) is 42.3 Å². The second kappa shape index (κ2) is 6.31. The molecule has 1 N–H and O–H groups in total. The van der Waals surface area contributed by atoms with E-state index >= 15 is 0 Å². The van der Waals surface area contributed by atoms with Gasteiger partial charge in [-0.05, 0) is 33.0 Å². The summed E-state index contributed by atoms with van der Waals surface area (Å²) in [7, 11) is 4.16. The van der Waals surface area contributed by atoms with Crippen LogP contribution in [0.25, 0.3) is 0 Å². The van der Waals surface area contributed by atoms with Crippen LogP contribution in [0.3, 0.4) is 0 Å². The first-order chi connectivity index (χ1) is 8.72. The van der Waals surface area contributed by atoms with Gasteiger partial charge >= 0.3 is 0 Å². The quantitative estimate of drug-likeness (QED) is 0.822. The summed E-state index contributed by atoms with van der Waals surface area (Å²) in [4.78, 5) is 2.33. The van der Waals surface area contributed by atoms with Crippen LogP contribution in [0, 0.1) is 0 Å². The molecule has 102 valence electrons. The molecule has 5 nitrogen and oxygen atoms in total. The molecule has 0 aliphatic carbocycles. The Morgan fingerprint density at radius 2 is 2.44 bits per heavy atom. The van der Waals surface area contributed by atoms with Gasteiger partial charge in [-0.1, -0.05) is 0 Å². The van der Waals surface area contributed by atoms with Gasteiger partial charge in [0.1, 0.15) is 0 Å². The summed E-state index contributed by atoms with van der Waals surface area (Å²) >= 11 is 0. The first kappa shape index (κ1) is 13.5. The molecule has 1 aromatic heterocycles. The summed E-state index contributed by atoms with van der Waals surface area (Å²) in [5.41, 5.74) is 1.27. The SMILES string of the molecule is CCn1cc(CC(NC)C2CN(C)CCO2)cn1. The molecule has 1 aromatic rings. The summed E-state index contributed by atoms with van der Waals surface area (Å²) in [6.45, 7) is 5.88. The number of rotatable bonds is 5. The van der Waals surface area contributed by atoms with Gasteiger partial charge in [0.2, 0.25) is 0 Å². The van der Waals surface area contributed by atoms with Gasteiger partial charge in [-0.3, -0.25) is 4.68 Å². The van der Waals surface area contributed by atoms with Crippen molar-refractivity contribution < 1.29 is 4.74 Å². The maximum Gasteiger partial charge on any atom is 0.0858 e. The number of hydrogen-bond donors (Lipinski definition) is 1. The van der Waals surface area contributed by atoms with Crippen LogP contribution in [0.2, 0.25) is 0 Å². The number of nitrogens with one attached hydrogen (secondary N) is 1. The molecule has 0 aromatic carbocycles. The second-order valence-electron chi connectivity index (χ2n) is 4.98. The van der Waals surface area contributed by atoms with Crippen LogP contribution in [-0.4, -0.2) is 60.6 Å². The van der Waals surface area contributed by atoms with Gasteiger partial charge in [0.15, 0.2) is 0 Å². The summed E-state index contributed by atoms with van der Waals surface area (Å²) in [6, 6.07) is 0.349. The highest BCUT2D eigenvalue weighted by Gasteiger charge is 2.26. The summed E-state index contributed by atoms with van der Waals surface area (Å²) in [5.74, 6) is 0. The molecular formula is C13H24N4O. The van der Waals surface area contributed by atoms with Gasteiger partial charge in [0, 0.05) is 31.9 Å². The Hall–Kier alpha value is -0.910. The fraction of sp³-hybridized carbons (Fsp3) is 0.769. The first-order valence-electron chi connectivity index (χ1n) is 6.71. The second-order valence-corrected chi connectivity index (χ2v) is 4.98. The smallest absolute Gasteiger partial charge is 0.0858 e. The van der Waals surface area contributed by atoms with Crippen molar-refractivity contribution in [3.8, 4) is 0 Å². The number of nitrogens with zero attached hydrogens (tertiary/aromatic N) is 3. The van der Waals surface area contributed by atoms with Crippen molar-refractivity contribution in [2.45, 2.75) is 32.0 Å². The molecule has 5 heteroatoms. The maximum absolute atomic E-state index is 5.88. The van der Waals surface area contributed by atoms with Crippen molar-refractivity contribution in [2.24, 2.45) is 0 Å². The minimum absolute atomic E-state index is 0.263. The number of aryl methyl sites for hydroxylation is 1. The van der Waals surface area contributed by atoms with Crippen molar-refractivity contribution in [1.82, 2.24) is 20.0 Å². The van der Waals surface area contributed by atoms with Crippen molar-refractivity contribution in [2.75, 3.05) is 33.8 Å². The third-order valence-electron chi connectivity index (χ3n) is 3.58. The van der Waals surface area contributed by atoms with Gasteiger partial charge in [-0.2, -0.15) is 5.10 Å². The molecular weight excluding hydrogens is 228 g/mol. The maximum atomic E-state index is 5.88. The molecule has 1 fully saturated rings. The summed E-state index contributed by atoms with van der Waals surface area (Å²) in [6.07, 6.45) is 5.31. The van der Waals surface area contributed by atoms with Gasteiger partial charge in [0.05, 0.1) is 18.9 Å². The van der Waals surface area contributed by atoms with Crippen LogP contribution >= 0.6 is 0 Å². The lowest BCUT2D eigenvalue weighted by molar-refractivity contribution is -0.0372. The first-order valence-corrected chi connectivity index (χ1v) is 6.71. The molecule has 0 radical (unpaired) electrons. The number of likely N-dealkylation sites (N-methyl/N-ethyl adjacent to an activating group) is 2. The van der Waals surface area contributed by atoms with E-state index < -0.39 is 0 Å². The fourth-order valence-electron chi connectivity index (χ4n) is 2.41. The molecule has 1 aliphatic heterocycles. The minimum atomic E-state index is 0.263. The summed E-state index contributed by atoms with van der Waals surface area (Å²) in [5, 5.41) is 7.70. The number of hydrogen-bond acceptors (Lipinski definition) is 4. The van der Waals surface area contributed by atoms with Gasteiger partial charge < -0.3 is 15.0 Å². The van der Waals surface area contributed by atoms with E-state index in [1.165, 1.54) is 5.56 Å². The lowest BCUT2D eigenvalue weighted by atomic mass is 10.0. The molecule has 2 heterocycles. The molecule has 2 unspecified atom stereocenters. The lowest BCUT2D eigenvalue weighted by Crippen LogP contribution is -2.51. The number of ether oxygens (including phenoxy) is 1. The van der Waals surface area contributed by atoms with Crippen LogP contribution in [0.1, 0.15) is 12.5 Å². The monoisotopic (exact) mass is 252 g/mol. The van der Waals surface area contributed by atoms with Crippen LogP contribution in [0.5, 0.6) is 0 Å². The Morgan fingerprint density at radius 1 is 1.61 bits per heavy atom. The minimum Gasteiger partial charge on any atom is -0.374 e. The summed E-state index contributed by atoms with van der Waals surface area (Å²) < 4.78 is 7.84. The van der Waals surface area contributed by atoms with E-state index in [1.807, 2.05) is 17.9 Å². The van der Waals surface area contributed by atoms with Crippen molar-refractivity contribution >= 4 is 0 Å².